The normalized spacial score (nSPS) is 30.6. The summed E-state index contributed by atoms with van der Waals surface area (Å²) >= 11 is 1.73. The van der Waals surface area contributed by atoms with Gasteiger partial charge in [-0.2, -0.15) is 0 Å². The number of aryl methyl sites for hydroxylation is 1. The van der Waals surface area contributed by atoms with Crippen LogP contribution in [0.15, 0.2) is 5.16 Å². The Bertz CT molecular complexity index is 338. The Morgan fingerprint density at radius 2 is 2.31 bits per heavy atom. The lowest BCUT2D eigenvalue weighted by Gasteiger charge is -2.32. The summed E-state index contributed by atoms with van der Waals surface area (Å²) in [6, 6.07) is 0.298. The second-order valence-corrected chi connectivity index (χ2v) is 5.82. The number of H-pyrrole nitrogens is 1. The smallest absolute Gasteiger partial charge is 0.208 e. The molecule has 2 rings (SSSR count). The van der Waals surface area contributed by atoms with E-state index in [-0.39, 0.29) is 0 Å². The Morgan fingerprint density at radius 3 is 2.94 bits per heavy atom. The molecule has 1 fully saturated rings. The highest BCUT2D eigenvalue weighted by Gasteiger charge is 2.28. The van der Waals surface area contributed by atoms with E-state index in [2.05, 4.69) is 22.1 Å². The fourth-order valence-corrected chi connectivity index (χ4v) is 3.49. The highest BCUT2D eigenvalue weighted by Crippen LogP contribution is 2.35. The summed E-state index contributed by atoms with van der Waals surface area (Å²) in [5.74, 6) is 1.70. The summed E-state index contributed by atoms with van der Waals surface area (Å²) in [5.41, 5.74) is 6.16. The fraction of sp³-hybridized carbons (Fsp3) is 0.818. The molecular weight excluding hydrogens is 220 g/mol. The molecule has 3 atom stereocenters. The van der Waals surface area contributed by atoms with Gasteiger partial charge in [0.2, 0.25) is 5.16 Å². The number of rotatable bonds is 3. The SMILES string of the molecule is CCC1CCC(N)C(Sc2n[nH]c(C)n2)C1. The first kappa shape index (κ1) is 11.9. The van der Waals surface area contributed by atoms with Gasteiger partial charge in [-0.25, -0.2) is 4.98 Å². The van der Waals surface area contributed by atoms with E-state index in [1.807, 2.05) is 6.92 Å². The Morgan fingerprint density at radius 1 is 1.50 bits per heavy atom. The van der Waals surface area contributed by atoms with Gasteiger partial charge in [0.15, 0.2) is 0 Å². The highest BCUT2D eigenvalue weighted by molar-refractivity contribution is 7.99. The van der Waals surface area contributed by atoms with Crippen LogP contribution < -0.4 is 5.73 Å². The Hall–Kier alpha value is -0.550. The van der Waals surface area contributed by atoms with Gasteiger partial charge in [-0.1, -0.05) is 25.1 Å². The lowest BCUT2D eigenvalue weighted by Crippen LogP contribution is -2.38. The molecule has 0 bridgehead atoms. The van der Waals surface area contributed by atoms with Crippen LogP contribution in [0.5, 0.6) is 0 Å². The highest BCUT2D eigenvalue weighted by atomic mass is 32.2. The zero-order valence-corrected chi connectivity index (χ0v) is 10.8. The van der Waals surface area contributed by atoms with E-state index < -0.39 is 0 Å². The molecule has 5 heteroatoms. The third kappa shape index (κ3) is 2.77. The number of nitrogens with two attached hydrogens (primary N) is 1. The first-order valence-corrected chi connectivity index (χ1v) is 6.88. The fourth-order valence-electron chi connectivity index (χ4n) is 2.25. The summed E-state index contributed by atoms with van der Waals surface area (Å²) in [4.78, 5) is 4.33. The molecule has 3 unspecified atom stereocenters. The van der Waals surface area contributed by atoms with E-state index in [0.29, 0.717) is 11.3 Å². The number of aromatic nitrogens is 3. The van der Waals surface area contributed by atoms with Gasteiger partial charge in [-0.15, -0.1) is 5.10 Å². The van der Waals surface area contributed by atoms with E-state index in [0.717, 1.165) is 23.3 Å². The molecule has 0 aliphatic heterocycles. The predicted octanol–water partition coefficient (Wildman–Crippen LogP) is 2.11. The van der Waals surface area contributed by atoms with E-state index in [4.69, 9.17) is 5.73 Å². The van der Waals surface area contributed by atoms with Crippen LogP contribution in [0, 0.1) is 12.8 Å². The van der Waals surface area contributed by atoms with Crippen molar-refractivity contribution < 1.29 is 0 Å². The third-order valence-electron chi connectivity index (χ3n) is 3.36. The minimum Gasteiger partial charge on any atom is -0.327 e. The van der Waals surface area contributed by atoms with Crippen molar-refractivity contribution in [2.75, 3.05) is 0 Å². The van der Waals surface area contributed by atoms with E-state index in [9.17, 15) is 0 Å². The second-order valence-electron chi connectivity index (χ2n) is 4.61. The van der Waals surface area contributed by atoms with Gasteiger partial charge >= 0.3 is 0 Å². The summed E-state index contributed by atoms with van der Waals surface area (Å²) < 4.78 is 0. The number of nitrogens with zero attached hydrogens (tertiary/aromatic N) is 2. The minimum absolute atomic E-state index is 0.298. The van der Waals surface area contributed by atoms with Crippen LogP contribution >= 0.6 is 11.8 Å². The van der Waals surface area contributed by atoms with E-state index in [1.54, 1.807) is 11.8 Å². The van der Waals surface area contributed by atoms with Crippen LogP contribution in [-0.4, -0.2) is 26.5 Å². The van der Waals surface area contributed by atoms with E-state index in [1.165, 1.54) is 19.3 Å². The van der Waals surface area contributed by atoms with Crippen molar-refractivity contribution >= 4 is 11.8 Å². The van der Waals surface area contributed by atoms with E-state index >= 15 is 0 Å². The number of thioether (sulfide) groups is 1. The molecule has 90 valence electrons. The zero-order valence-electron chi connectivity index (χ0n) is 9.94. The monoisotopic (exact) mass is 240 g/mol. The molecule has 1 aliphatic carbocycles. The number of nitrogens with one attached hydrogen (secondary N) is 1. The number of hydrogen-bond donors (Lipinski definition) is 2. The number of aromatic amines is 1. The Labute approximate surface area is 101 Å². The molecule has 0 saturated heterocycles. The summed E-state index contributed by atoms with van der Waals surface area (Å²) in [6.45, 7) is 4.19. The second kappa shape index (κ2) is 5.19. The molecular formula is C11H20N4S. The Balaban J connectivity index is 1.96. The van der Waals surface area contributed by atoms with Gasteiger partial charge in [0.1, 0.15) is 5.82 Å². The van der Waals surface area contributed by atoms with Gasteiger partial charge in [-0.05, 0) is 32.1 Å². The maximum Gasteiger partial charge on any atom is 0.208 e. The van der Waals surface area contributed by atoms with Crippen molar-refractivity contribution in [3.05, 3.63) is 5.82 Å². The molecule has 1 aromatic heterocycles. The molecule has 0 spiro atoms. The van der Waals surface area contributed by atoms with Gasteiger partial charge < -0.3 is 5.73 Å². The average Bonchev–Trinajstić information content (AvgIpc) is 2.67. The first-order valence-electron chi connectivity index (χ1n) is 6.00. The van der Waals surface area contributed by atoms with Crippen molar-refractivity contribution in [2.24, 2.45) is 11.7 Å². The van der Waals surface area contributed by atoms with Crippen LogP contribution in [0.25, 0.3) is 0 Å². The quantitative estimate of drug-likeness (QED) is 0.849. The maximum absolute atomic E-state index is 6.16. The van der Waals surface area contributed by atoms with Crippen molar-refractivity contribution in [1.82, 2.24) is 15.2 Å². The van der Waals surface area contributed by atoms with Gasteiger partial charge in [0, 0.05) is 11.3 Å². The van der Waals surface area contributed by atoms with Gasteiger partial charge in [-0.3, -0.25) is 5.10 Å². The molecule has 0 amide bonds. The van der Waals surface area contributed by atoms with Crippen LogP contribution in [-0.2, 0) is 0 Å². The molecule has 1 heterocycles. The van der Waals surface area contributed by atoms with Crippen LogP contribution in [0.3, 0.4) is 0 Å². The predicted molar refractivity (Wildman–Crippen MR) is 66.4 cm³/mol. The molecule has 1 aliphatic rings. The van der Waals surface area contributed by atoms with Crippen molar-refractivity contribution in [3.63, 3.8) is 0 Å². The van der Waals surface area contributed by atoms with Crippen LogP contribution in [0.1, 0.15) is 38.4 Å². The standard InChI is InChI=1S/C11H20N4S/c1-3-8-4-5-9(12)10(6-8)16-11-13-7(2)14-15-11/h8-10H,3-6,12H2,1-2H3,(H,13,14,15). The van der Waals surface area contributed by atoms with Crippen LogP contribution in [0.2, 0.25) is 0 Å². The summed E-state index contributed by atoms with van der Waals surface area (Å²) in [7, 11) is 0. The average molecular weight is 240 g/mol. The molecule has 1 aromatic rings. The topological polar surface area (TPSA) is 67.6 Å². The first-order chi connectivity index (χ1) is 7.69. The lowest BCUT2D eigenvalue weighted by molar-refractivity contribution is 0.327. The maximum atomic E-state index is 6.16. The summed E-state index contributed by atoms with van der Waals surface area (Å²) in [5, 5.41) is 8.36. The molecule has 1 saturated carbocycles. The van der Waals surface area contributed by atoms with Gasteiger partial charge in [0.25, 0.3) is 0 Å². The Kier molecular flexibility index (Phi) is 3.86. The molecule has 0 radical (unpaired) electrons. The zero-order chi connectivity index (χ0) is 11.5. The van der Waals surface area contributed by atoms with Crippen molar-refractivity contribution in [3.8, 4) is 0 Å². The van der Waals surface area contributed by atoms with Crippen LogP contribution in [0.4, 0.5) is 0 Å². The minimum atomic E-state index is 0.298. The molecule has 4 nitrogen and oxygen atoms in total. The largest absolute Gasteiger partial charge is 0.327 e. The van der Waals surface area contributed by atoms with Crippen molar-refractivity contribution in [1.29, 1.82) is 0 Å². The molecule has 3 N–H and O–H groups in total. The third-order valence-corrected chi connectivity index (χ3v) is 4.60. The lowest BCUT2D eigenvalue weighted by atomic mass is 9.84. The van der Waals surface area contributed by atoms with Gasteiger partial charge in [0.05, 0.1) is 0 Å². The summed E-state index contributed by atoms with van der Waals surface area (Å²) in [6.07, 6.45) is 4.88. The number of hydrogen-bond acceptors (Lipinski definition) is 4. The molecule has 0 aromatic carbocycles. The molecule has 16 heavy (non-hydrogen) atoms. The van der Waals surface area contributed by atoms with Crippen molar-refractivity contribution in [2.45, 2.75) is 56.0 Å².